The highest BCUT2D eigenvalue weighted by molar-refractivity contribution is 5.86. The predicted molar refractivity (Wildman–Crippen MR) is 124 cm³/mol. The molecule has 2 N–H and O–H groups in total. The van der Waals surface area contributed by atoms with E-state index in [0.717, 1.165) is 17.7 Å². The van der Waals surface area contributed by atoms with Gasteiger partial charge in [-0.3, -0.25) is 9.69 Å². The Kier molecular flexibility index (Phi) is 7.00. The second kappa shape index (κ2) is 9.93. The third-order valence-corrected chi connectivity index (χ3v) is 6.19. The second-order valence-electron chi connectivity index (χ2n) is 8.49. The Morgan fingerprint density at radius 2 is 1.76 bits per heavy atom. The van der Waals surface area contributed by atoms with E-state index in [1.165, 1.54) is 28.5 Å². The fraction of sp³-hybridized carbons (Fsp3) is 0.346. The maximum Gasteiger partial charge on any atom is 0.416 e. The zero-order chi connectivity index (χ0) is 23.4. The number of alkyl halides is 3. The van der Waals surface area contributed by atoms with E-state index in [9.17, 15) is 18.0 Å². The van der Waals surface area contributed by atoms with Crippen LogP contribution >= 0.6 is 0 Å². The molecule has 0 aliphatic carbocycles. The molecule has 0 saturated carbocycles. The van der Waals surface area contributed by atoms with Gasteiger partial charge >= 0.3 is 6.18 Å². The Morgan fingerprint density at radius 3 is 2.48 bits per heavy atom. The zero-order valence-corrected chi connectivity index (χ0v) is 18.5. The molecule has 1 fully saturated rings. The van der Waals surface area contributed by atoms with E-state index in [1.807, 2.05) is 25.1 Å². The molecule has 174 valence electrons. The number of halogens is 3. The van der Waals surface area contributed by atoms with E-state index in [0.29, 0.717) is 32.6 Å². The minimum absolute atomic E-state index is 0.0107. The highest BCUT2D eigenvalue weighted by Gasteiger charge is 2.36. The van der Waals surface area contributed by atoms with Crippen LogP contribution in [0.4, 0.5) is 13.2 Å². The van der Waals surface area contributed by atoms with E-state index in [1.54, 1.807) is 0 Å². The summed E-state index contributed by atoms with van der Waals surface area (Å²) in [7, 11) is 0. The lowest BCUT2D eigenvalue weighted by Crippen LogP contribution is -2.42. The van der Waals surface area contributed by atoms with Crippen molar-refractivity contribution in [2.24, 2.45) is 0 Å². The first-order valence-electron chi connectivity index (χ1n) is 11.2. The number of carbonyl (C=O) groups excluding carboxylic acids is 1. The van der Waals surface area contributed by atoms with Crippen molar-refractivity contribution in [2.75, 3.05) is 13.1 Å². The number of nitrogens with zero attached hydrogens (tertiary/aromatic N) is 1. The van der Waals surface area contributed by atoms with Gasteiger partial charge in [-0.25, -0.2) is 0 Å². The van der Waals surface area contributed by atoms with Gasteiger partial charge in [0.25, 0.3) is 0 Å². The Hall–Kier alpha value is -2.90. The van der Waals surface area contributed by atoms with Gasteiger partial charge in [0.1, 0.15) is 0 Å². The molecule has 0 radical (unpaired) electrons. The number of likely N-dealkylation sites (N-methyl/N-ethyl adjacent to an activating group) is 1. The van der Waals surface area contributed by atoms with Crippen molar-refractivity contribution < 1.29 is 18.0 Å². The van der Waals surface area contributed by atoms with Crippen molar-refractivity contribution in [2.45, 2.75) is 44.7 Å². The summed E-state index contributed by atoms with van der Waals surface area (Å²) >= 11 is 0. The van der Waals surface area contributed by atoms with Gasteiger partial charge < -0.3 is 10.6 Å². The molecular weight excluding hydrogens is 427 g/mol. The highest BCUT2D eigenvalue weighted by Crippen LogP contribution is 2.29. The number of fused-ring (bicyclic) bond motifs is 1. The maximum atomic E-state index is 12.8. The van der Waals surface area contributed by atoms with Crippen molar-refractivity contribution in [3.05, 3.63) is 83.4 Å². The number of nitrogens with one attached hydrogen (secondary N) is 2. The van der Waals surface area contributed by atoms with Gasteiger partial charge in [-0.05, 0) is 47.4 Å². The molecule has 1 saturated heterocycles. The molecule has 4 nitrogen and oxygen atoms in total. The molecule has 1 aliphatic heterocycles. The summed E-state index contributed by atoms with van der Waals surface area (Å²) in [6.07, 6.45) is -3.68. The maximum absolute atomic E-state index is 12.8. The lowest BCUT2D eigenvalue weighted by molar-refractivity contribution is -0.137. The molecule has 3 aromatic carbocycles. The van der Waals surface area contributed by atoms with E-state index < -0.39 is 11.7 Å². The summed E-state index contributed by atoms with van der Waals surface area (Å²) in [5, 5.41) is 8.72. The van der Waals surface area contributed by atoms with Crippen molar-refractivity contribution in [1.82, 2.24) is 15.5 Å². The molecule has 4 rings (SSSR count). The summed E-state index contributed by atoms with van der Waals surface area (Å²) in [5.41, 5.74) is 1.31. The van der Waals surface area contributed by atoms with Crippen LogP contribution in [0.25, 0.3) is 10.8 Å². The molecular formula is C26H28F3N3O. The minimum atomic E-state index is -4.33. The Balaban J connectivity index is 1.46. The lowest BCUT2D eigenvalue weighted by atomic mass is 10.0. The summed E-state index contributed by atoms with van der Waals surface area (Å²) in [6.45, 7) is 4.27. The molecule has 1 amide bonds. The van der Waals surface area contributed by atoms with Gasteiger partial charge in [-0.1, -0.05) is 54.6 Å². The monoisotopic (exact) mass is 455 g/mol. The van der Waals surface area contributed by atoms with E-state index in [2.05, 4.69) is 39.8 Å². The molecule has 3 aromatic rings. The number of likely N-dealkylation sites (tertiary alicyclic amines) is 1. The Labute approximate surface area is 191 Å². The zero-order valence-electron chi connectivity index (χ0n) is 18.5. The first-order valence-corrected chi connectivity index (χ1v) is 11.2. The summed E-state index contributed by atoms with van der Waals surface area (Å²) in [4.78, 5) is 15.0. The van der Waals surface area contributed by atoms with Crippen LogP contribution in [0.5, 0.6) is 0 Å². The second-order valence-corrected chi connectivity index (χ2v) is 8.49. The van der Waals surface area contributed by atoms with Gasteiger partial charge in [0.05, 0.1) is 11.6 Å². The van der Waals surface area contributed by atoms with E-state index >= 15 is 0 Å². The van der Waals surface area contributed by atoms with Gasteiger partial charge in [0.2, 0.25) is 5.91 Å². The van der Waals surface area contributed by atoms with E-state index in [4.69, 9.17) is 0 Å². The fourth-order valence-corrected chi connectivity index (χ4v) is 4.51. The largest absolute Gasteiger partial charge is 0.416 e. The van der Waals surface area contributed by atoms with Gasteiger partial charge in [0.15, 0.2) is 0 Å². The van der Waals surface area contributed by atoms with Crippen LogP contribution in [-0.2, 0) is 24.1 Å². The Bertz CT molecular complexity index is 1090. The van der Waals surface area contributed by atoms with Crippen LogP contribution in [0.3, 0.4) is 0 Å². The quantitative estimate of drug-likeness (QED) is 0.542. The molecule has 0 unspecified atom stereocenters. The van der Waals surface area contributed by atoms with Crippen LogP contribution in [0.15, 0.2) is 66.7 Å². The average Bonchev–Trinajstić information content (AvgIpc) is 3.21. The average molecular weight is 456 g/mol. The first-order chi connectivity index (χ1) is 15.8. The van der Waals surface area contributed by atoms with Crippen LogP contribution in [-0.4, -0.2) is 36.0 Å². The number of rotatable bonds is 7. The molecule has 33 heavy (non-hydrogen) atoms. The fourth-order valence-electron chi connectivity index (χ4n) is 4.51. The number of benzene rings is 3. The van der Waals surface area contributed by atoms with E-state index in [-0.39, 0.29) is 18.0 Å². The number of hydrogen-bond acceptors (Lipinski definition) is 3. The highest BCUT2D eigenvalue weighted by atomic mass is 19.4. The molecule has 0 aromatic heterocycles. The van der Waals surface area contributed by atoms with Crippen molar-refractivity contribution in [3.8, 4) is 0 Å². The number of carbonyl (C=O) groups is 1. The SMILES string of the molecule is CCNC(=O)[C@@H]1C[C@@H](NCc2ccc(C(F)(F)F)cc2)CN1Cc1cccc2ccccc12. The molecule has 1 aliphatic rings. The van der Waals surface area contributed by atoms with Crippen LogP contribution in [0.1, 0.15) is 30.0 Å². The van der Waals surface area contributed by atoms with Gasteiger partial charge in [0, 0.05) is 32.2 Å². The molecule has 2 atom stereocenters. The smallest absolute Gasteiger partial charge is 0.355 e. The first kappa shape index (κ1) is 23.3. The molecule has 0 spiro atoms. The van der Waals surface area contributed by atoms with Crippen LogP contribution in [0.2, 0.25) is 0 Å². The summed E-state index contributed by atoms with van der Waals surface area (Å²) < 4.78 is 38.4. The van der Waals surface area contributed by atoms with Crippen molar-refractivity contribution in [1.29, 1.82) is 0 Å². The standard InChI is InChI=1S/C26H28F3N3O/c1-2-30-25(33)24-14-22(31-15-18-10-12-21(13-11-18)26(27,28)29)17-32(24)16-20-8-5-7-19-6-3-4-9-23(19)20/h3-13,22,24,31H,2,14-17H2,1H3,(H,30,33)/t22-,24+/m1/s1. The molecule has 1 heterocycles. The summed E-state index contributed by atoms with van der Waals surface area (Å²) in [6, 6.07) is 19.5. The molecule has 7 heteroatoms. The number of hydrogen-bond donors (Lipinski definition) is 2. The predicted octanol–water partition coefficient (Wildman–Crippen LogP) is 4.73. The van der Waals surface area contributed by atoms with Crippen LogP contribution < -0.4 is 10.6 Å². The van der Waals surface area contributed by atoms with Gasteiger partial charge in [-0.15, -0.1) is 0 Å². The number of amides is 1. The van der Waals surface area contributed by atoms with Gasteiger partial charge in [-0.2, -0.15) is 13.2 Å². The topological polar surface area (TPSA) is 44.4 Å². The third-order valence-electron chi connectivity index (χ3n) is 6.19. The van der Waals surface area contributed by atoms with Crippen molar-refractivity contribution >= 4 is 16.7 Å². The van der Waals surface area contributed by atoms with Crippen molar-refractivity contribution in [3.63, 3.8) is 0 Å². The lowest BCUT2D eigenvalue weighted by Gasteiger charge is -2.24. The van der Waals surface area contributed by atoms with Crippen LogP contribution in [0, 0.1) is 0 Å². The molecule has 0 bridgehead atoms. The minimum Gasteiger partial charge on any atom is -0.355 e. The summed E-state index contributed by atoms with van der Waals surface area (Å²) in [5.74, 6) is 0.0107. The third kappa shape index (κ3) is 5.54. The Morgan fingerprint density at radius 1 is 1.03 bits per heavy atom. The normalized spacial score (nSPS) is 19.2.